The predicted octanol–water partition coefficient (Wildman–Crippen LogP) is 5.77. The van der Waals surface area contributed by atoms with E-state index < -0.39 is 0 Å². The van der Waals surface area contributed by atoms with E-state index in [-0.39, 0.29) is 11.8 Å². The van der Waals surface area contributed by atoms with Crippen LogP contribution in [0.2, 0.25) is 0 Å². The molecule has 2 N–H and O–H groups in total. The van der Waals surface area contributed by atoms with Crippen LogP contribution in [0, 0.1) is 0 Å². The molecule has 0 spiro atoms. The van der Waals surface area contributed by atoms with Crippen molar-refractivity contribution in [2.24, 2.45) is 0 Å². The first-order valence-corrected chi connectivity index (χ1v) is 15.1. The van der Waals surface area contributed by atoms with Crippen molar-refractivity contribution in [2.75, 3.05) is 68.2 Å². The van der Waals surface area contributed by atoms with Gasteiger partial charge in [0.2, 0.25) is 0 Å². The second kappa shape index (κ2) is 15.8. The summed E-state index contributed by atoms with van der Waals surface area (Å²) in [6.07, 6.45) is 4.01. The van der Waals surface area contributed by atoms with Crippen LogP contribution in [-0.4, -0.2) is 64.9 Å². The van der Waals surface area contributed by atoms with Crippen LogP contribution in [0.5, 0.6) is 5.75 Å². The molecule has 0 radical (unpaired) electrons. The predicted molar refractivity (Wildman–Crippen MR) is 170 cm³/mol. The minimum Gasteiger partial charge on any atom is -0.495 e. The first kappa shape index (κ1) is 30.9. The number of ether oxygens (including phenoxy) is 2. The number of nitrogens with zero attached hydrogens (tertiary/aromatic N) is 2. The Bertz CT molecular complexity index is 1300. The van der Waals surface area contributed by atoms with Crippen molar-refractivity contribution in [3.05, 3.63) is 83.4 Å². The highest BCUT2D eigenvalue weighted by Gasteiger charge is 2.24. The van der Waals surface area contributed by atoms with Gasteiger partial charge in [-0.15, -0.1) is 0 Å². The van der Waals surface area contributed by atoms with Gasteiger partial charge < -0.3 is 29.9 Å². The number of methoxy groups -OCH3 is 1. The smallest absolute Gasteiger partial charge is 0.255 e. The van der Waals surface area contributed by atoms with E-state index in [1.165, 1.54) is 5.56 Å². The van der Waals surface area contributed by atoms with Crippen molar-refractivity contribution >= 4 is 28.9 Å². The summed E-state index contributed by atoms with van der Waals surface area (Å²) in [5.41, 5.74) is 4.88. The maximum atomic E-state index is 13.4. The van der Waals surface area contributed by atoms with Gasteiger partial charge in [-0.3, -0.25) is 9.59 Å². The molecular weight excluding hydrogens is 528 g/mol. The minimum absolute atomic E-state index is 0.162. The third kappa shape index (κ3) is 8.26. The van der Waals surface area contributed by atoms with Crippen molar-refractivity contribution in [3.63, 3.8) is 0 Å². The average molecular weight is 573 g/mol. The van der Waals surface area contributed by atoms with Crippen LogP contribution in [0.1, 0.15) is 59.4 Å². The van der Waals surface area contributed by atoms with E-state index in [0.717, 1.165) is 69.0 Å². The molecule has 0 aromatic heterocycles. The number of amides is 2. The van der Waals surface area contributed by atoms with Crippen LogP contribution in [-0.2, 0) is 11.2 Å². The van der Waals surface area contributed by atoms with E-state index in [4.69, 9.17) is 9.47 Å². The number of rotatable bonds is 14. The van der Waals surface area contributed by atoms with Crippen LogP contribution in [0.25, 0.3) is 0 Å². The molecule has 0 aliphatic carbocycles. The standard InChI is InChI=1S/C34H44N4O4/c1-4-6-10-26-13-15-27(16-14-26)33(39)36-28-17-18-30(29(25-28)34(40)35-19-9-24-42-5-2)37-20-22-38(23-21-37)31-11-7-8-12-32(31)41-3/h7-8,11-18,25H,4-6,9-10,19-24H2,1-3H3,(H,35,40)(H,36,39). The van der Waals surface area contributed by atoms with E-state index in [1.807, 2.05) is 61.5 Å². The quantitative estimate of drug-likeness (QED) is 0.239. The molecule has 4 rings (SSSR count). The molecule has 2 amide bonds. The first-order valence-electron chi connectivity index (χ1n) is 15.1. The Balaban J connectivity index is 1.49. The van der Waals surface area contributed by atoms with Crippen molar-refractivity contribution in [1.82, 2.24) is 5.32 Å². The Morgan fingerprint density at radius 3 is 2.24 bits per heavy atom. The van der Waals surface area contributed by atoms with E-state index in [0.29, 0.717) is 36.6 Å². The molecule has 0 saturated carbocycles. The first-order chi connectivity index (χ1) is 20.5. The van der Waals surface area contributed by atoms with Gasteiger partial charge in [0, 0.05) is 62.9 Å². The van der Waals surface area contributed by atoms with Gasteiger partial charge in [0.25, 0.3) is 11.8 Å². The number of nitrogens with one attached hydrogen (secondary N) is 2. The molecule has 1 aliphatic rings. The number of piperazine rings is 1. The summed E-state index contributed by atoms with van der Waals surface area (Å²) < 4.78 is 11.0. The number of hydrogen-bond donors (Lipinski definition) is 2. The summed E-state index contributed by atoms with van der Waals surface area (Å²) in [4.78, 5) is 31.0. The van der Waals surface area contributed by atoms with Gasteiger partial charge in [0.15, 0.2) is 0 Å². The van der Waals surface area contributed by atoms with Crippen molar-refractivity contribution in [1.29, 1.82) is 0 Å². The van der Waals surface area contributed by atoms with Crippen LogP contribution in [0.4, 0.5) is 17.1 Å². The van der Waals surface area contributed by atoms with Crippen molar-refractivity contribution in [2.45, 2.75) is 39.5 Å². The molecule has 1 aliphatic heterocycles. The third-order valence-electron chi connectivity index (χ3n) is 7.54. The summed E-state index contributed by atoms with van der Waals surface area (Å²) in [5, 5.41) is 6.03. The molecule has 8 heteroatoms. The lowest BCUT2D eigenvalue weighted by atomic mass is 10.1. The lowest BCUT2D eigenvalue weighted by Crippen LogP contribution is -2.47. The van der Waals surface area contributed by atoms with Crippen molar-refractivity contribution < 1.29 is 19.1 Å². The SMILES string of the molecule is CCCCc1ccc(C(=O)Nc2ccc(N3CCN(c4ccccc4OC)CC3)c(C(=O)NCCCOCC)c2)cc1. The normalized spacial score (nSPS) is 13.1. The summed E-state index contributed by atoms with van der Waals surface area (Å²) >= 11 is 0. The summed E-state index contributed by atoms with van der Waals surface area (Å²) in [5.74, 6) is 0.497. The Morgan fingerprint density at radius 1 is 0.833 bits per heavy atom. The maximum absolute atomic E-state index is 13.4. The molecule has 8 nitrogen and oxygen atoms in total. The van der Waals surface area contributed by atoms with E-state index >= 15 is 0 Å². The fourth-order valence-corrected chi connectivity index (χ4v) is 5.17. The third-order valence-corrected chi connectivity index (χ3v) is 7.54. The fourth-order valence-electron chi connectivity index (χ4n) is 5.17. The number of carbonyl (C=O) groups is 2. The molecule has 1 heterocycles. The van der Waals surface area contributed by atoms with Gasteiger partial charge in [0.1, 0.15) is 5.75 Å². The number of aryl methyl sites for hydroxylation is 1. The second-order valence-electron chi connectivity index (χ2n) is 10.4. The largest absolute Gasteiger partial charge is 0.495 e. The fraction of sp³-hybridized carbons (Fsp3) is 0.412. The average Bonchev–Trinajstić information content (AvgIpc) is 3.04. The summed E-state index contributed by atoms with van der Waals surface area (Å²) in [6, 6.07) is 21.4. The number of para-hydroxylation sites is 2. The number of benzene rings is 3. The van der Waals surface area contributed by atoms with Crippen LogP contribution in [0.3, 0.4) is 0 Å². The molecule has 42 heavy (non-hydrogen) atoms. The minimum atomic E-state index is -0.196. The zero-order chi connectivity index (χ0) is 29.7. The Hall–Kier alpha value is -4.04. The van der Waals surface area contributed by atoms with Gasteiger partial charge in [-0.2, -0.15) is 0 Å². The van der Waals surface area contributed by atoms with Gasteiger partial charge >= 0.3 is 0 Å². The highest BCUT2D eigenvalue weighted by molar-refractivity contribution is 6.06. The molecule has 3 aromatic rings. The lowest BCUT2D eigenvalue weighted by molar-refractivity contribution is 0.0943. The van der Waals surface area contributed by atoms with E-state index in [1.54, 1.807) is 13.2 Å². The lowest BCUT2D eigenvalue weighted by Gasteiger charge is -2.38. The zero-order valence-corrected chi connectivity index (χ0v) is 25.2. The summed E-state index contributed by atoms with van der Waals surface area (Å²) in [7, 11) is 1.69. The monoisotopic (exact) mass is 572 g/mol. The number of hydrogen-bond acceptors (Lipinski definition) is 6. The second-order valence-corrected chi connectivity index (χ2v) is 10.4. The molecule has 0 unspecified atom stereocenters. The van der Waals surface area contributed by atoms with Crippen LogP contribution in [0.15, 0.2) is 66.7 Å². The highest BCUT2D eigenvalue weighted by atomic mass is 16.5. The Labute approximate surface area is 250 Å². The van der Waals surface area contributed by atoms with Crippen LogP contribution >= 0.6 is 0 Å². The van der Waals surface area contributed by atoms with E-state index in [9.17, 15) is 9.59 Å². The highest BCUT2D eigenvalue weighted by Crippen LogP contribution is 2.31. The van der Waals surface area contributed by atoms with Gasteiger partial charge in [-0.1, -0.05) is 37.6 Å². The van der Waals surface area contributed by atoms with E-state index in [2.05, 4.69) is 33.4 Å². The topological polar surface area (TPSA) is 83.1 Å². The molecular formula is C34H44N4O4. The number of carbonyl (C=O) groups excluding carboxylic acids is 2. The Morgan fingerprint density at radius 2 is 1.55 bits per heavy atom. The van der Waals surface area contributed by atoms with Gasteiger partial charge in [0.05, 0.1) is 18.4 Å². The number of unbranched alkanes of at least 4 members (excludes halogenated alkanes) is 1. The molecule has 0 atom stereocenters. The molecule has 3 aromatic carbocycles. The van der Waals surface area contributed by atoms with Gasteiger partial charge in [-0.05, 0) is 74.2 Å². The van der Waals surface area contributed by atoms with Gasteiger partial charge in [-0.25, -0.2) is 0 Å². The zero-order valence-electron chi connectivity index (χ0n) is 25.2. The summed E-state index contributed by atoms with van der Waals surface area (Å²) in [6.45, 7) is 8.98. The molecule has 224 valence electrons. The molecule has 1 fully saturated rings. The Kier molecular flexibility index (Phi) is 11.6. The van der Waals surface area contributed by atoms with Crippen molar-refractivity contribution in [3.8, 4) is 5.75 Å². The maximum Gasteiger partial charge on any atom is 0.255 e. The molecule has 0 bridgehead atoms. The van der Waals surface area contributed by atoms with Crippen LogP contribution < -0.4 is 25.2 Å². The number of anilines is 3. The molecule has 1 saturated heterocycles.